The lowest BCUT2D eigenvalue weighted by atomic mass is 10.2. The Hall–Kier alpha value is -0.390. The lowest BCUT2D eigenvalue weighted by Crippen LogP contribution is -2.14. The molecule has 0 bridgehead atoms. The maximum Gasteiger partial charge on any atom is 0.389 e. The van der Waals surface area contributed by atoms with E-state index in [9.17, 15) is 22.0 Å². The summed E-state index contributed by atoms with van der Waals surface area (Å²) in [6, 6.07) is 0. The quantitative estimate of drug-likeness (QED) is 0.536. The normalized spacial score (nSPS) is 13.5. The molecule has 0 aliphatic heterocycles. The summed E-state index contributed by atoms with van der Waals surface area (Å²) in [5.41, 5.74) is 0. The Labute approximate surface area is 66.2 Å². The Morgan fingerprint density at radius 1 is 0.833 bits per heavy atom. The second-order valence-corrected chi connectivity index (χ2v) is 2.49. The summed E-state index contributed by atoms with van der Waals surface area (Å²) in [4.78, 5) is 0. The van der Waals surface area contributed by atoms with Crippen LogP contribution in [0.25, 0.3) is 0 Å². The van der Waals surface area contributed by atoms with Crippen molar-refractivity contribution in [1.29, 1.82) is 0 Å². The van der Waals surface area contributed by atoms with Crippen LogP contribution >= 0.6 is 0 Å². The van der Waals surface area contributed by atoms with E-state index in [0.29, 0.717) is 0 Å². The summed E-state index contributed by atoms with van der Waals surface area (Å²) in [6.07, 6.45) is -10.8. The molecule has 0 fully saturated rings. The number of aliphatic hydroxyl groups is 1. The zero-order chi connectivity index (χ0) is 9.83. The molecule has 1 nitrogen and oxygen atoms in total. The minimum absolute atomic E-state index is 0.330. The van der Waals surface area contributed by atoms with Crippen LogP contribution in [0.15, 0.2) is 0 Å². The molecule has 0 atom stereocenters. The summed E-state index contributed by atoms with van der Waals surface area (Å²) in [5.74, 6) is 0. The van der Waals surface area contributed by atoms with Crippen molar-refractivity contribution in [1.82, 2.24) is 0 Å². The summed E-state index contributed by atoms with van der Waals surface area (Å²) in [5, 5.41) is 7.83. The summed E-state index contributed by atoms with van der Waals surface area (Å²) in [6.45, 7) is 0. The molecule has 0 unspecified atom stereocenters. The van der Waals surface area contributed by atoms with Crippen molar-refractivity contribution in [2.75, 3.05) is 0 Å². The Morgan fingerprint density at radius 2 is 1.25 bits per heavy atom. The highest BCUT2D eigenvalue weighted by Crippen LogP contribution is 2.24. The largest absolute Gasteiger partial charge is 0.389 e. The van der Waals surface area contributed by atoms with Crippen molar-refractivity contribution in [3.8, 4) is 0 Å². The van der Waals surface area contributed by atoms with Gasteiger partial charge in [0.1, 0.15) is 0 Å². The molecule has 0 aromatic carbocycles. The third-order valence-electron chi connectivity index (χ3n) is 1.19. The van der Waals surface area contributed by atoms with Gasteiger partial charge >= 0.3 is 12.3 Å². The molecule has 0 saturated heterocycles. The van der Waals surface area contributed by atoms with Crippen molar-refractivity contribution >= 4 is 0 Å². The van der Waals surface area contributed by atoms with Crippen LogP contribution in [0.1, 0.15) is 25.7 Å². The Bertz CT molecular complexity index is 109. The maximum absolute atomic E-state index is 11.6. The molecule has 0 radical (unpaired) electrons. The monoisotopic (exact) mass is 192 g/mol. The molecule has 74 valence electrons. The lowest BCUT2D eigenvalue weighted by Gasteiger charge is -2.08. The highest BCUT2D eigenvalue weighted by atomic mass is 19.4. The number of unbranched alkanes of at least 4 members (excludes halogenated alkanes) is 1. The molecule has 0 aromatic heterocycles. The fourth-order valence-electron chi connectivity index (χ4n) is 0.663. The van der Waals surface area contributed by atoms with Gasteiger partial charge in [-0.05, 0) is 12.8 Å². The average Bonchev–Trinajstić information content (AvgIpc) is 1.76. The van der Waals surface area contributed by atoms with E-state index >= 15 is 0 Å². The second kappa shape index (κ2) is 4.02. The standard InChI is InChI=1S/C6H9F5O/c7-5(8,9)3-1-2-4-6(10,11)12/h12H,1-4H2. The molecule has 0 aromatic rings. The van der Waals surface area contributed by atoms with Crippen LogP contribution in [0.3, 0.4) is 0 Å². The number of rotatable bonds is 4. The predicted molar refractivity (Wildman–Crippen MR) is 31.7 cm³/mol. The van der Waals surface area contributed by atoms with Crippen molar-refractivity contribution in [2.45, 2.75) is 38.0 Å². The van der Waals surface area contributed by atoms with E-state index in [0.717, 1.165) is 0 Å². The molecule has 0 spiro atoms. The first-order valence-electron chi connectivity index (χ1n) is 3.38. The van der Waals surface area contributed by atoms with E-state index in [-0.39, 0.29) is 12.8 Å². The van der Waals surface area contributed by atoms with Gasteiger partial charge in [-0.3, -0.25) is 0 Å². The van der Waals surface area contributed by atoms with Gasteiger partial charge in [0.05, 0.1) is 0 Å². The van der Waals surface area contributed by atoms with Crippen molar-refractivity contribution in [2.24, 2.45) is 0 Å². The molecule has 0 aliphatic rings. The SMILES string of the molecule is OC(F)(F)CCCCC(F)(F)F. The minimum Gasteiger partial charge on any atom is -0.336 e. The zero-order valence-corrected chi connectivity index (χ0v) is 6.17. The van der Waals surface area contributed by atoms with E-state index in [2.05, 4.69) is 0 Å². The van der Waals surface area contributed by atoms with E-state index < -0.39 is 25.1 Å². The molecule has 0 aliphatic carbocycles. The van der Waals surface area contributed by atoms with Gasteiger partial charge in [-0.25, -0.2) is 0 Å². The van der Waals surface area contributed by atoms with E-state index in [1.807, 2.05) is 0 Å². The van der Waals surface area contributed by atoms with Gasteiger partial charge in [0.25, 0.3) is 0 Å². The topological polar surface area (TPSA) is 20.2 Å². The minimum atomic E-state index is -4.30. The highest BCUT2D eigenvalue weighted by molar-refractivity contribution is 4.54. The van der Waals surface area contributed by atoms with Gasteiger partial charge in [0.2, 0.25) is 0 Å². The Balaban J connectivity index is 3.35. The summed E-state index contributed by atoms with van der Waals surface area (Å²) in [7, 11) is 0. The van der Waals surface area contributed by atoms with Crippen molar-refractivity contribution < 1.29 is 27.1 Å². The van der Waals surface area contributed by atoms with Crippen LogP contribution in [-0.2, 0) is 0 Å². The van der Waals surface area contributed by atoms with Crippen LogP contribution in [0.4, 0.5) is 22.0 Å². The van der Waals surface area contributed by atoms with Crippen LogP contribution < -0.4 is 0 Å². The van der Waals surface area contributed by atoms with Gasteiger partial charge in [-0.2, -0.15) is 22.0 Å². The van der Waals surface area contributed by atoms with Crippen LogP contribution in [0.2, 0.25) is 0 Å². The van der Waals surface area contributed by atoms with E-state index in [1.165, 1.54) is 0 Å². The van der Waals surface area contributed by atoms with Gasteiger partial charge in [0.15, 0.2) is 0 Å². The number of hydrogen-bond acceptors (Lipinski definition) is 1. The molecule has 0 heterocycles. The second-order valence-electron chi connectivity index (χ2n) is 2.49. The lowest BCUT2D eigenvalue weighted by molar-refractivity contribution is -0.205. The van der Waals surface area contributed by atoms with Crippen molar-refractivity contribution in [3.63, 3.8) is 0 Å². The van der Waals surface area contributed by atoms with Gasteiger partial charge in [0, 0.05) is 12.8 Å². The van der Waals surface area contributed by atoms with Crippen LogP contribution in [-0.4, -0.2) is 17.4 Å². The molecular weight excluding hydrogens is 183 g/mol. The first kappa shape index (κ1) is 11.6. The van der Waals surface area contributed by atoms with Gasteiger partial charge in [-0.15, -0.1) is 0 Å². The highest BCUT2D eigenvalue weighted by Gasteiger charge is 2.28. The molecular formula is C6H9F5O. The molecule has 0 rings (SSSR count). The maximum atomic E-state index is 11.6. The zero-order valence-electron chi connectivity index (χ0n) is 6.17. The predicted octanol–water partition coefficient (Wildman–Crippen LogP) is 2.69. The average molecular weight is 192 g/mol. The number of alkyl halides is 5. The van der Waals surface area contributed by atoms with Gasteiger partial charge < -0.3 is 5.11 Å². The third-order valence-corrected chi connectivity index (χ3v) is 1.19. The van der Waals surface area contributed by atoms with Crippen molar-refractivity contribution in [3.05, 3.63) is 0 Å². The van der Waals surface area contributed by atoms with Crippen LogP contribution in [0.5, 0.6) is 0 Å². The molecule has 1 N–H and O–H groups in total. The Kier molecular flexibility index (Phi) is 3.89. The molecule has 6 heteroatoms. The fourth-order valence-corrected chi connectivity index (χ4v) is 0.663. The summed E-state index contributed by atoms with van der Waals surface area (Å²) < 4.78 is 57.5. The fraction of sp³-hybridized carbons (Fsp3) is 1.00. The van der Waals surface area contributed by atoms with E-state index in [4.69, 9.17) is 5.11 Å². The molecule has 12 heavy (non-hydrogen) atoms. The number of hydrogen-bond donors (Lipinski definition) is 1. The summed E-state index contributed by atoms with van der Waals surface area (Å²) >= 11 is 0. The van der Waals surface area contributed by atoms with Gasteiger partial charge in [-0.1, -0.05) is 0 Å². The third kappa shape index (κ3) is 9.61. The molecule has 0 saturated carbocycles. The first-order chi connectivity index (χ1) is 5.21. The van der Waals surface area contributed by atoms with Crippen LogP contribution in [0, 0.1) is 0 Å². The first-order valence-corrected chi connectivity index (χ1v) is 3.38. The Morgan fingerprint density at radius 3 is 1.58 bits per heavy atom. The smallest absolute Gasteiger partial charge is 0.336 e. The van der Waals surface area contributed by atoms with E-state index in [1.54, 1.807) is 0 Å². The number of halogens is 5. The molecule has 0 amide bonds.